The molecule has 3 atom stereocenters. The molecular formula is C27H21NO3. The number of aryl methyl sites for hydroxylation is 1. The molecule has 2 heterocycles. The molecule has 0 N–H and O–H groups in total. The highest BCUT2D eigenvalue weighted by Gasteiger charge is 2.49. The zero-order valence-corrected chi connectivity index (χ0v) is 17.2. The second kappa shape index (κ2) is 6.74. The lowest BCUT2D eigenvalue weighted by molar-refractivity contribution is -0.122. The van der Waals surface area contributed by atoms with Gasteiger partial charge in [0.15, 0.2) is 5.78 Å². The van der Waals surface area contributed by atoms with Crippen LogP contribution in [0.25, 0.3) is 5.70 Å². The molecule has 2 aliphatic carbocycles. The van der Waals surface area contributed by atoms with E-state index in [2.05, 4.69) is 12.1 Å². The maximum atomic E-state index is 13.5. The molecule has 1 saturated carbocycles. The molecule has 4 nitrogen and oxygen atoms in total. The molecule has 2 aromatic carbocycles. The van der Waals surface area contributed by atoms with Crippen molar-refractivity contribution in [3.63, 3.8) is 0 Å². The van der Waals surface area contributed by atoms with E-state index in [4.69, 9.17) is 9.41 Å². The lowest BCUT2D eigenvalue weighted by atomic mass is 9.66. The van der Waals surface area contributed by atoms with Gasteiger partial charge in [-0.15, -0.1) is 0 Å². The highest BCUT2D eigenvalue weighted by Crippen LogP contribution is 2.51. The average Bonchev–Trinajstić information content (AvgIpc) is 3.41. The van der Waals surface area contributed by atoms with Gasteiger partial charge >= 0.3 is 0 Å². The minimum Gasteiger partial charge on any atom is -0.469 e. The number of carbonyl (C=O) groups excluding carboxylic acids is 2. The van der Waals surface area contributed by atoms with Crippen LogP contribution in [0.5, 0.6) is 0 Å². The Morgan fingerprint density at radius 2 is 1.65 bits per heavy atom. The second-order valence-electron chi connectivity index (χ2n) is 8.69. The number of hydrogen-bond donors (Lipinski definition) is 0. The Morgan fingerprint density at radius 3 is 2.39 bits per heavy atom. The molecular weight excluding hydrogens is 386 g/mol. The van der Waals surface area contributed by atoms with Gasteiger partial charge in [-0.2, -0.15) is 0 Å². The standard InChI is InChI=1S/C27H21NO3/c1-15-8-10-16(11-9-15)23-24-20(13-17(14-21(24)29)22-7-4-12-31-22)28-26-18-5-2-3-6-19(18)27(30)25(23)26/h2-12,17,23-24H,13-14H2,1H3/t17-,23+,24?/m0/s1. The summed E-state index contributed by atoms with van der Waals surface area (Å²) in [4.78, 5) is 31.9. The first-order chi connectivity index (χ1) is 15.1. The third-order valence-electron chi connectivity index (χ3n) is 6.82. The van der Waals surface area contributed by atoms with Crippen molar-refractivity contribution in [3.8, 4) is 0 Å². The third kappa shape index (κ3) is 2.71. The largest absolute Gasteiger partial charge is 0.469 e. The van der Waals surface area contributed by atoms with Gasteiger partial charge in [-0.25, -0.2) is 0 Å². The number of carbonyl (C=O) groups is 2. The first kappa shape index (κ1) is 18.3. The highest BCUT2D eigenvalue weighted by molar-refractivity contribution is 6.25. The SMILES string of the molecule is Cc1ccc([C@H]2C3=C(N=C4C[C@H](c5ccco5)CC(=O)C42)c2ccccc2C3=O)cc1. The third-order valence-corrected chi connectivity index (χ3v) is 6.82. The summed E-state index contributed by atoms with van der Waals surface area (Å²) in [5.74, 6) is 0.251. The van der Waals surface area contributed by atoms with Crippen molar-refractivity contribution in [2.45, 2.75) is 31.6 Å². The molecule has 0 bridgehead atoms. The molecule has 0 amide bonds. The maximum Gasteiger partial charge on any atom is 0.192 e. The van der Waals surface area contributed by atoms with Crippen LogP contribution in [0.4, 0.5) is 0 Å². The summed E-state index contributed by atoms with van der Waals surface area (Å²) in [5.41, 5.74) is 5.99. The summed E-state index contributed by atoms with van der Waals surface area (Å²) in [6.07, 6.45) is 2.72. The predicted molar refractivity (Wildman–Crippen MR) is 118 cm³/mol. The predicted octanol–water partition coefficient (Wildman–Crippen LogP) is 5.50. The minimum absolute atomic E-state index is 0.0000620. The molecule has 1 aromatic heterocycles. The minimum atomic E-state index is -0.397. The number of rotatable bonds is 2. The zero-order valence-electron chi connectivity index (χ0n) is 17.2. The van der Waals surface area contributed by atoms with Gasteiger partial charge in [0.25, 0.3) is 0 Å². The number of Topliss-reactive ketones (excluding diaryl/α,β-unsaturated/α-hetero) is 2. The van der Waals surface area contributed by atoms with E-state index in [-0.39, 0.29) is 23.4 Å². The van der Waals surface area contributed by atoms with Crippen LogP contribution in [-0.2, 0) is 4.79 Å². The Balaban J connectivity index is 1.53. The van der Waals surface area contributed by atoms with Crippen LogP contribution >= 0.6 is 0 Å². The van der Waals surface area contributed by atoms with Crippen molar-refractivity contribution in [2.24, 2.45) is 10.9 Å². The Kier molecular flexibility index (Phi) is 3.97. The summed E-state index contributed by atoms with van der Waals surface area (Å²) >= 11 is 0. The number of nitrogens with zero attached hydrogens (tertiary/aromatic N) is 1. The molecule has 1 aliphatic heterocycles. The fourth-order valence-electron chi connectivity index (χ4n) is 5.36. The summed E-state index contributed by atoms with van der Waals surface area (Å²) in [6.45, 7) is 2.04. The molecule has 0 spiro atoms. The number of furan rings is 1. The number of fused-ring (bicyclic) bond motifs is 3. The molecule has 6 rings (SSSR count). The molecule has 3 aliphatic rings. The van der Waals surface area contributed by atoms with Crippen LogP contribution in [0.3, 0.4) is 0 Å². The van der Waals surface area contributed by atoms with Gasteiger partial charge in [0, 0.05) is 40.7 Å². The summed E-state index contributed by atoms with van der Waals surface area (Å²) in [5, 5.41) is 0. The highest BCUT2D eigenvalue weighted by atomic mass is 16.3. The number of aliphatic imine (C=N–C) groups is 1. The fraction of sp³-hybridized carbons (Fsp3) is 0.222. The van der Waals surface area contributed by atoms with Crippen molar-refractivity contribution >= 4 is 23.0 Å². The normalized spacial score (nSPS) is 24.5. The lowest BCUT2D eigenvalue weighted by Crippen LogP contribution is -2.40. The van der Waals surface area contributed by atoms with Gasteiger partial charge in [-0.05, 0) is 31.0 Å². The molecule has 1 unspecified atom stereocenters. The van der Waals surface area contributed by atoms with E-state index < -0.39 is 5.92 Å². The van der Waals surface area contributed by atoms with Crippen LogP contribution in [0.2, 0.25) is 0 Å². The number of allylic oxidation sites excluding steroid dienone is 1. The van der Waals surface area contributed by atoms with Crippen molar-refractivity contribution in [1.82, 2.24) is 0 Å². The van der Waals surface area contributed by atoms with E-state index in [9.17, 15) is 9.59 Å². The smallest absolute Gasteiger partial charge is 0.192 e. The van der Waals surface area contributed by atoms with Crippen molar-refractivity contribution < 1.29 is 14.0 Å². The van der Waals surface area contributed by atoms with Crippen molar-refractivity contribution in [3.05, 3.63) is 101 Å². The van der Waals surface area contributed by atoms with E-state index in [1.807, 2.05) is 55.5 Å². The Bertz CT molecular complexity index is 1280. The molecule has 4 heteroatoms. The van der Waals surface area contributed by atoms with E-state index in [1.54, 1.807) is 6.26 Å². The quantitative estimate of drug-likeness (QED) is 0.564. The van der Waals surface area contributed by atoms with Crippen LogP contribution in [0.15, 0.2) is 81.9 Å². The molecule has 152 valence electrons. The van der Waals surface area contributed by atoms with Crippen LogP contribution in [-0.4, -0.2) is 17.3 Å². The van der Waals surface area contributed by atoms with Gasteiger partial charge in [-0.1, -0.05) is 54.1 Å². The van der Waals surface area contributed by atoms with Gasteiger partial charge in [0.05, 0.1) is 17.9 Å². The van der Waals surface area contributed by atoms with E-state index in [0.717, 1.165) is 33.9 Å². The van der Waals surface area contributed by atoms with Gasteiger partial charge in [-0.3, -0.25) is 14.6 Å². The lowest BCUT2D eigenvalue weighted by Gasteiger charge is -2.37. The van der Waals surface area contributed by atoms with Crippen molar-refractivity contribution in [1.29, 1.82) is 0 Å². The number of ketones is 2. The Morgan fingerprint density at radius 1 is 0.871 bits per heavy atom. The molecule has 3 aromatic rings. The number of benzene rings is 2. The van der Waals surface area contributed by atoms with Gasteiger partial charge < -0.3 is 4.42 Å². The monoisotopic (exact) mass is 407 g/mol. The Hall–Kier alpha value is -3.53. The van der Waals surface area contributed by atoms with Crippen LogP contribution in [0.1, 0.15) is 57.5 Å². The summed E-state index contributed by atoms with van der Waals surface area (Å²) < 4.78 is 5.61. The fourth-order valence-corrected chi connectivity index (χ4v) is 5.36. The van der Waals surface area contributed by atoms with E-state index in [0.29, 0.717) is 24.0 Å². The first-order valence-electron chi connectivity index (χ1n) is 10.7. The average molecular weight is 407 g/mol. The van der Waals surface area contributed by atoms with Crippen molar-refractivity contribution in [2.75, 3.05) is 0 Å². The molecule has 31 heavy (non-hydrogen) atoms. The molecule has 0 radical (unpaired) electrons. The second-order valence-corrected chi connectivity index (χ2v) is 8.69. The molecule has 1 fully saturated rings. The van der Waals surface area contributed by atoms with Gasteiger partial charge in [0.1, 0.15) is 11.5 Å². The summed E-state index contributed by atoms with van der Waals surface area (Å²) in [6, 6.07) is 19.6. The summed E-state index contributed by atoms with van der Waals surface area (Å²) in [7, 11) is 0. The topological polar surface area (TPSA) is 59.6 Å². The van der Waals surface area contributed by atoms with Crippen LogP contribution in [0, 0.1) is 12.8 Å². The van der Waals surface area contributed by atoms with Gasteiger partial charge in [0.2, 0.25) is 0 Å². The maximum absolute atomic E-state index is 13.5. The van der Waals surface area contributed by atoms with E-state index in [1.165, 1.54) is 0 Å². The van der Waals surface area contributed by atoms with Crippen LogP contribution < -0.4 is 0 Å². The van der Waals surface area contributed by atoms with E-state index >= 15 is 0 Å². The molecule has 0 saturated heterocycles. The number of hydrogen-bond acceptors (Lipinski definition) is 4. The first-order valence-corrected chi connectivity index (χ1v) is 10.7. The zero-order chi connectivity index (χ0) is 21.1. The Labute approximate surface area is 180 Å².